The largest absolute Gasteiger partial charge is 0.481 e. The summed E-state index contributed by atoms with van der Waals surface area (Å²) in [7, 11) is 0. The number of hydrogen-bond donors (Lipinski definition) is 1. The van der Waals surface area contributed by atoms with Crippen LogP contribution in [0.1, 0.15) is 45.2 Å². The van der Waals surface area contributed by atoms with Crippen LogP contribution in [0.15, 0.2) is 18.2 Å². The van der Waals surface area contributed by atoms with Crippen LogP contribution in [0.25, 0.3) is 0 Å². The van der Waals surface area contributed by atoms with Crippen LogP contribution < -0.4 is 10.1 Å². The van der Waals surface area contributed by atoms with Crippen molar-refractivity contribution in [3.8, 4) is 5.75 Å². The van der Waals surface area contributed by atoms with Gasteiger partial charge in [0.1, 0.15) is 5.75 Å². The standard InChI is InChI=1S/C17H27NO2/c1-7-16(17(19)18-14(6)11(2)3)20-15-9-8-12(4)13(5)10-15/h8-11,14,16H,7H2,1-6H3,(H,18,19). The molecule has 0 aliphatic carbocycles. The van der Waals surface area contributed by atoms with Gasteiger partial charge in [-0.3, -0.25) is 4.79 Å². The lowest BCUT2D eigenvalue weighted by Crippen LogP contribution is -2.44. The first-order valence-corrected chi connectivity index (χ1v) is 7.39. The molecule has 1 N–H and O–H groups in total. The van der Waals surface area contributed by atoms with Gasteiger partial charge in [0.25, 0.3) is 5.91 Å². The second-order valence-corrected chi connectivity index (χ2v) is 5.80. The minimum absolute atomic E-state index is 0.0353. The Labute approximate surface area is 122 Å². The number of nitrogens with one attached hydrogen (secondary N) is 1. The van der Waals surface area contributed by atoms with Crippen LogP contribution in [-0.2, 0) is 4.79 Å². The molecule has 2 unspecified atom stereocenters. The van der Waals surface area contributed by atoms with E-state index in [0.717, 1.165) is 5.75 Å². The molecule has 0 radical (unpaired) electrons. The van der Waals surface area contributed by atoms with Crippen LogP contribution in [-0.4, -0.2) is 18.1 Å². The maximum absolute atomic E-state index is 12.2. The summed E-state index contributed by atoms with van der Waals surface area (Å²) in [4.78, 5) is 12.2. The number of rotatable bonds is 6. The van der Waals surface area contributed by atoms with Gasteiger partial charge in [-0.2, -0.15) is 0 Å². The van der Waals surface area contributed by atoms with E-state index in [2.05, 4.69) is 26.1 Å². The highest BCUT2D eigenvalue weighted by Gasteiger charge is 2.21. The summed E-state index contributed by atoms with van der Waals surface area (Å²) in [5.41, 5.74) is 2.40. The number of carbonyl (C=O) groups excluding carboxylic acids is 1. The molecule has 112 valence electrons. The molecule has 0 aliphatic rings. The molecule has 3 nitrogen and oxygen atoms in total. The van der Waals surface area contributed by atoms with Crippen molar-refractivity contribution in [3.63, 3.8) is 0 Å². The smallest absolute Gasteiger partial charge is 0.261 e. The minimum atomic E-state index is -0.432. The molecule has 0 fully saturated rings. The fraction of sp³-hybridized carbons (Fsp3) is 0.588. The summed E-state index contributed by atoms with van der Waals surface area (Å²) in [6, 6.07) is 6.08. The van der Waals surface area contributed by atoms with Gasteiger partial charge in [-0.05, 0) is 56.4 Å². The lowest BCUT2D eigenvalue weighted by Gasteiger charge is -2.22. The van der Waals surface area contributed by atoms with Crippen LogP contribution in [0.2, 0.25) is 0 Å². The van der Waals surface area contributed by atoms with E-state index in [1.807, 2.05) is 39.0 Å². The van der Waals surface area contributed by atoms with Crippen molar-refractivity contribution in [3.05, 3.63) is 29.3 Å². The van der Waals surface area contributed by atoms with E-state index >= 15 is 0 Å². The second-order valence-electron chi connectivity index (χ2n) is 5.80. The van der Waals surface area contributed by atoms with E-state index in [1.54, 1.807) is 0 Å². The number of benzene rings is 1. The van der Waals surface area contributed by atoms with Crippen molar-refractivity contribution in [2.75, 3.05) is 0 Å². The quantitative estimate of drug-likeness (QED) is 0.862. The maximum Gasteiger partial charge on any atom is 0.261 e. The Morgan fingerprint density at radius 1 is 1.20 bits per heavy atom. The number of carbonyl (C=O) groups is 1. The lowest BCUT2D eigenvalue weighted by molar-refractivity contribution is -0.129. The summed E-state index contributed by atoms with van der Waals surface area (Å²) in [5, 5.41) is 3.01. The van der Waals surface area contributed by atoms with Crippen molar-refractivity contribution in [2.45, 2.75) is 60.1 Å². The first kappa shape index (κ1) is 16.5. The molecule has 0 bridgehead atoms. The molecule has 0 saturated carbocycles. The van der Waals surface area contributed by atoms with E-state index in [9.17, 15) is 4.79 Å². The normalized spacial score (nSPS) is 13.9. The Morgan fingerprint density at radius 2 is 1.85 bits per heavy atom. The average Bonchev–Trinajstić information content (AvgIpc) is 2.39. The molecule has 0 aliphatic heterocycles. The van der Waals surface area contributed by atoms with Gasteiger partial charge in [-0.1, -0.05) is 26.8 Å². The minimum Gasteiger partial charge on any atom is -0.481 e. The van der Waals surface area contributed by atoms with Gasteiger partial charge >= 0.3 is 0 Å². The molecule has 0 heterocycles. The number of amides is 1. The van der Waals surface area contributed by atoms with Gasteiger partial charge in [-0.15, -0.1) is 0 Å². The van der Waals surface area contributed by atoms with Crippen LogP contribution in [0.5, 0.6) is 5.75 Å². The molecule has 1 aromatic rings. The summed E-state index contributed by atoms with van der Waals surface area (Å²) in [6.07, 6.45) is 0.224. The maximum atomic E-state index is 12.2. The molecule has 0 spiro atoms. The highest BCUT2D eigenvalue weighted by atomic mass is 16.5. The summed E-state index contributed by atoms with van der Waals surface area (Å²) in [6.45, 7) is 12.3. The highest BCUT2D eigenvalue weighted by molar-refractivity contribution is 5.81. The fourth-order valence-corrected chi connectivity index (χ4v) is 1.76. The zero-order valence-electron chi connectivity index (χ0n) is 13.5. The third-order valence-electron chi connectivity index (χ3n) is 3.79. The summed E-state index contributed by atoms with van der Waals surface area (Å²) in [5.74, 6) is 1.14. The molecule has 1 aromatic carbocycles. The predicted octanol–water partition coefficient (Wildman–Crippen LogP) is 3.62. The van der Waals surface area contributed by atoms with Gasteiger partial charge < -0.3 is 10.1 Å². The molecule has 2 atom stereocenters. The third-order valence-corrected chi connectivity index (χ3v) is 3.79. The van der Waals surface area contributed by atoms with Crippen LogP contribution in [0, 0.1) is 19.8 Å². The van der Waals surface area contributed by atoms with Gasteiger partial charge in [-0.25, -0.2) is 0 Å². The molecule has 0 saturated heterocycles. The molecule has 1 rings (SSSR count). The summed E-state index contributed by atoms with van der Waals surface area (Å²) < 4.78 is 5.83. The van der Waals surface area contributed by atoms with Crippen LogP contribution in [0.4, 0.5) is 0 Å². The first-order valence-electron chi connectivity index (χ1n) is 7.39. The van der Waals surface area contributed by atoms with Gasteiger partial charge in [0, 0.05) is 6.04 Å². The SMILES string of the molecule is CCC(Oc1ccc(C)c(C)c1)C(=O)NC(C)C(C)C. The molecule has 3 heteroatoms. The van der Waals surface area contributed by atoms with E-state index < -0.39 is 6.10 Å². The highest BCUT2D eigenvalue weighted by Crippen LogP contribution is 2.18. The average molecular weight is 277 g/mol. The van der Waals surface area contributed by atoms with Gasteiger partial charge in [0.15, 0.2) is 6.10 Å². The van der Waals surface area contributed by atoms with Crippen molar-refractivity contribution < 1.29 is 9.53 Å². The predicted molar refractivity (Wildman–Crippen MR) is 83.1 cm³/mol. The Kier molecular flexibility index (Phi) is 6.05. The molecule has 20 heavy (non-hydrogen) atoms. The van der Waals surface area contributed by atoms with Crippen molar-refractivity contribution in [1.82, 2.24) is 5.32 Å². The number of aryl methyl sites for hydroxylation is 2. The fourth-order valence-electron chi connectivity index (χ4n) is 1.76. The van der Waals surface area contributed by atoms with Crippen LogP contribution in [0.3, 0.4) is 0 Å². The Morgan fingerprint density at radius 3 is 2.35 bits per heavy atom. The number of hydrogen-bond acceptors (Lipinski definition) is 2. The van der Waals surface area contributed by atoms with Gasteiger partial charge in [0.05, 0.1) is 0 Å². The Hall–Kier alpha value is -1.51. The third kappa shape index (κ3) is 4.55. The second kappa shape index (κ2) is 7.32. The van der Waals surface area contributed by atoms with Crippen molar-refractivity contribution in [2.24, 2.45) is 5.92 Å². The van der Waals surface area contributed by atoms with Crippen LogP contribution >= 0.6 is 0 Å². The van der Waals surface area contributed by atoms with E-state index in [0.29, 0.717) is 12.3 Å². The van der Waals surface area contributed by atoms with Gasteiger partial charge in [0.2, 0.25) is 0 Å². The molecular formula is C17H27NO2. The molecule has 1 amide bonds. The Balaban J connectivity index is 2.71. The summed E-state index contributed by atoms with van der Waals surface area (Å²) >= 11 is 0. The van der Waals surface area contributed by atoms with Crippen molar-refractivity contribution >= 4 is 5.91 Å². The Bertz CT molecular complexity index is 454. The first-order chi connectivity index (χ1) is 9.35. The molecular weight excluding hydrogens is 250 g/mol. The van der Waals surface area contributed by atoms with Crippen molar-refractivity contribution in [1.29, 1.82) is 0 Å². The monoisotopic (exact) mass is 277 g/mol. The zero-order chi connectivity index (χ0) is 15.3. The van der Waals surface area contributed by atoms with E-state index in [1.165, 1.54) is 11.1 Å². The molecule has 0 aromatic heterocycles. The number of ether oxygens (including phenoxy) is 1. The van der Waals surface area contributed by atoms with E-state index in [-0.39, 0.29) is 11.9 Å². The topological polar surface area (TPSA) is 38.3 Å². The van der Waals surface area contributed by atoms with E-state index in [4.69, 9.17) is 4.74 Å². The zero-order valence-corrected chi connectivity index (χ0v) is 13.5. The lowest BCUT2D eigenvalue weighted by atomic mass is 10.1.